The highest BCUT2D eigenvalue weighted by atomic mass is 79.9. The fourth-order valence-electron chi connectivity index (χ4n) is 5.67. The van der Waals surface area contributed by atoms with Gasteiger partial charge in [-0.05, 0) is 55.8 Å². The maximum absolute atomic E-state index is 13.0. The van der Waals surface area contributed by atoms with Crippen LogP contribution >= 0.6 is 15.9 Å². The van der Waals surface area contributed by atoms with Crippen molar-refractivity contribution in [2.75, 3.05) is 22.9 Å². The first-order valence-electron chi connectivity index (χ1n) is 14.6. The molecule has 2 aliphatic heterocycles. The highest BCUT2D eigenvalue weighted by molar-refractivity contribution is 9.10. The van der Waals surface area contributed by atoms with Gasteiger partial charge in [0.05, 0.1) is 21.9 Å². The number of fused-ring (bicyclic) bond motifs is 4. The third-order valence-electron chi connectivity index (χ3n) is 7.82. The molecular weight excluding hydrogens is 616 g/mol. The number of rotatable bonds is 2. The number of nitrogens with zero attached hydrogens (tertiary/aromatic N) is 3. The Bertz CT molecular complexity index is 1820. The molecule has 0 radical (unpaired) electrons. The Morgan fingerprint density at radius 1 is 0.727 bits per heavy atom. The van der Waals surface area contributed by atoms with Crippen LogP contribution in [0.2, 0.25) is 0 Å². The summed E-state index contributed by atoms with van der Waals surface area (Å²) in [4.78, 5) is 49.3. The number of carbonyl (C=O) groups is 3. The van der Waals surface area contributed by atoms with E-state index < -0.39 is 0 Å². The van der Waals surface area contributed by atoms with Gasteiger partial charge in [0, 0.05) is 47.5 Å². The van der Waals surface area contributed by atoms with Crippen molar-refractivity contribution < 1.29 is 14.4 Å². The van der Waals surface area contributed by atoms with E-state index in [1.807, 2.05) is 103 Å². The molecule has 0 saturated carbocycles. The number of hydrogen-bond donors (Lipinski definition) is 1. The van der Waals surface area contributed by atoms with Gasteiger partial charge in [-0.1, -0.05) is 82.7 Å². The van der Waals surface area contributed by atoms with Gasteiger partial charge in [-0.25, -0.2) is 4.98 Å². The molecule has 1 aromatic heterocycles. The van der Waals surface area contributed by atoms with Crippen LogP contribution in [0.1, 0.15) is 49.0 Å². The molecule has 44 heavy (non-hydrogen) atoms. The Kier molecular flexibility index (Phi) is 8.52. The average molecular weight is 648 g/mol. The number of aryl methyl sites for hydroxylation is 1. The molecule has 2 aliphatic rings. The number of Topliss-reactive ketones (excluding diaryl/α,β-unsaturated/α-hetero) is 1. The number of carbonyl (C=O) groups excluding carboxylic acids is 3. The fraction of sp³-hybridized carbons (Fsp3) is 0.167. The number of para-hydroxylation sites is 2. The lowest BCUT2D eigenvalue weighted by Crippen LogP contribution is -2.32. The van der Waals surface area contributed by atoms with Crippen molar-refractivity contribution in [1.82, 2.24) is 9.97 Å². The molecule has 4 aromatic carbocycles. The summed E-state index contributed by atoms with van der Waals surface area (Å²) in [7, 11) is 0. The second-order valence-corrected chi connectivity index (χ2v) is 11.8. The van der Waals surface area contributed by atoms with Crippen molar-refractivity contribution in [3.63, 3.8) is 0 Å². The van der Waals surface area contributed by atoms with Gasteiger partial charge in [-0.3, -0.25) is 14.4 Å². The zero-order valence-electron chi connectivity index (χ0n) is 24.2. The minimum atomic E-state index is -0.243. The Labute approximate surface area is 264 Å². The van der Waals surface area contributed by atoms with Gasteiger partial charge in [0.25, 0.3) is 11.8 Å². The molecule has 1 N–H and O–H groups in total. The number of H-pyrrole nitrogens is 1. The number of imidazole rings is 1. The van der Waals surface area contributed by atoms with Crippen molar-refractivity contribution in [2.45, 2.75) is 24.6 Å². The molecule has 0 fully saturated rings. The first kappa shape index (κ1) is 29.3. The van der Waals surface area contributed by atoms with E-state index in [9.17, 15) is 14.4 Å². The number of aromatic nitrogens is 2. The summed E-state index contributed by atoms with van der Waals surface area (Å²) in [5.74, 6) is 0.902. The molecule has 7 nitrogen and oxygen atoms in total. The lowest BCUT2D eigenvalue weighted by Gasteiger charge is -2.23. The summed E-state index contributed by atoms with van der Waals surface area (Å²) >= 11 is 3.42. The Balaban J connectivity index is 0.000000157. The Morgan fingerprint density at radius 3 is 1.84 bits per heavy atom. The number of nitrogens with one attached hydrogen (secondary N) is 1. The minimum absolute atomic E-state index is 0.0277. The molecular formula is C36H31BrN4O3. The monoisotopic (exact) mass is 646 g/mol. The van der Waals surface area contributed by atoms with E-state index in [-0.39, 0.29) is 22.4 Å². The number of alkyl halides is 1. The molecule has 8 heteroatoms. The van der Waals surface area contributed by atoms with Crippen LogP contribution in [0.15, 0.2) is 109 Å². The highest BCUT2D eigenvalue weighted by Gasteiger charge is 2.30. The van der Waals surface area contributed by atoms with Crippen molar-refractivity contribution >= 4 is 44.9 Å². The second kappa shape index (κ2) is 12.8. The van der Waals surface area contributed by atoms with E-state index >= 15 is 0 Å². The molecule has 0 aliphatic carbocycles. The number of benzene rings is 4. The third kappa shape index (κ3) is 5.85. The molecule has 7 rings (SSSR count). The van der Waals surface area contributed by atoms with Crippen LogP contribution in [0, 0.1) is 6.92 Å². The molecule has 0 spiro atoms. The first-order valence-corrected chi connectivity index (χ1v) is 15.5. The molecule has 5 aromatic rings. The number of aromatic amines is 1. The number of ketones is 1. The molecule has 0 saturated heterocycles. The molecule has 3 heterocycles. The standard InChI is InChI=1S/C19H17N3O.C17H14BrNO2/c1-13-20-16-11-12-22(19(23)14-7-3-2-4-8-14)17-10-6-5-9-15(17)18(16)21-13;18-14-10-11-19(17(21)12-6-2-1-3-7-12)15-9-5-4-8-13(15)16(14)20/h2-10H,11-12H2,1H3,(H,20,21);1-9,14H,10-11H2. The van der Waals surface area contributed by atoms with Crippen LogP contribution < -0.4 is 9.80 Å². The maximum Gasteiger partial charge on any atom is 0.258 e. The summed E-state index contributed by atoms with van der Waals surface area (Å²) in [5.41, 5.74) is 6.62. The van der Waals surface area contributed by atoms with Crippen LogP contribution in [0.3, 0.4) is 0 Å². The van der Waals surface area contributed by atoms with Crippen LogP contribution in [-0.4, -0.2) is 45.5 Å². The zero-order valence-corrected chi connectivity index (χ0v) is 25.8. The summed E-state index contributed by atoms with van der Waals surface area (Å²) in [5, 5.41) is 0. The van der Waals surface area contributed by atoms with Gasteiger partial charge in [0.15, 0.2) is 5.78 Å². The normalized spacial score (nSPS) is 15.5. The van der Waals surface area contributed by atoms with E-state index in [0.29, 0.717) is 41.9 Å². The molecule has 220 valence electrons. The van der Waals surface area contributed by atoms with E-state index in [4.69, 9.17) is 0 Å². The van der Waals surface area contributed by atoms with Gasteiger partial charge in [-0.2, -0.15) is 0 Å². The van der Waals surface area contributed by atoms with E-state index in [1.54, 1.807) is 23.1 Å². The predicted octanol–water partition coefficient (Wildman–Crippen LogP) is 7.27. The van der Waals surface area contributed by atoms with E-state index in [1.165, 1.54) is 0 Å². The van der Waals surface area contributed by atoms with Gasteiger partial charge >= 0.3 is 0 Å². The second-order valence-electron chi connectivity index (χ2n) is 10.7. The first-order chi connectivity index (χ1) is 21.4. The molecule has 1 unspecified atom stereocenters. The highest BCUT2D eigenvalue weighted by Crippen LogP contribution is 2.36. The minimum Gasteiger partial charge on any atom is -0.346 e. The van der Waals surface area contributed by atoms with Crippen LogP contribution in [0.4, 0.5) is 11.4 Å². The number of hydrogen-bond acceptors (Lipinski definition) is 4. The molecule has 1 atom stereocenters. The topological polar surface area (TPSA) is 86.4 Å². The third-order valence-corrected chi connectivity index (χ3v) is 8.69. The summed E-state index contributed by atoms with van der Waals surface area (Å²) in [6, 6.07) is 33.9. The van der Waals surface area contributed by atoms with E-state index in [0.717, 1.165) is 34.9 Å². The largest absolute Gasteiger partial charge is 0.346 e. The molecule has 2 amide bonds. The lowest BCUT2D eigenvalue weighted by atomic mass is 10.1. The molecule has 0 bridgehead atoms. The predicted molar refractivity (Wildman–Crippen MR) is 177 cm³/mol. The van der Waals surface area contributed by atoms with E-state index in [2.05, 4.69) is 25.9 Å². The fourth-order valence-corrected chi connectivity index (χ4v) is 6.12. The number of halogens is 1. The van der Waals surface area contributed by atoms with Crippen molar-refractivity contribution in [3.8, 4) is 11.3 Å². The quantitative estimate of drug-likeness (QED) is 0.204. The van der Waals surface area contributed by atoms with Crippen LogP contribution in [-0.2, 0) is 6.42 Å². The SMILES string of the molecule is Cc1nc2c([nH]1)CCN(C(=O)c1ccccc1)c1ccccc1-2.O=C1c2ccccc2N(C(=O)c2ccccc2)CCC1Br. The Morgan fingerprint density at radius 2 is 1.23 bits per heavy atom. The number of anilines is 2. The summed E-state index contributed by atoms with van der Waals surface area (Å²) < 4.78 is 0. The number of amides is 2. The summed E-state index contributed by atoms with van der Waals surface area (Å²) in [6.07, 6.45) is 1.37. The lowest BCUT2D eigenvalue weighted by molar-refractivity contribution is 0.0978. The van der Waals surface area contributed by atoms with Gasteiger partial charge in [-0.15, -0.1) is 0 Å². The van der Waals surface area contributed by atoms with Gasteiger partial charge in [0.1, 0.15) is 5.82 Å². The van der Waals surface area contributed by atoms with Crippen molar-refractivity contribution in [3.05, 3.63) is 137 Å². The van der Waals surface area contributed by atoms with Crippen LogP contribution in [0.25, 0.3) is 11.3 Å². The van der Waals surface area contributed by atoms with Crippen molar-refractivity contribution in [2.24, 2.45) is 0 Å². The average Bonchev–Trinajstić information content (AvgIpc) is 3.31. The summed E-state index contributed by atoms with van der Waals surface area (Å²) in [6.45, 7) is 3.12. The van der Waals surface area contributed by atoms with Crippen molar-refractivity contribution in [1.29, 1.82) is 0 Å². The smallest absolute Gasteiger partial charge is 0.258 e. The maximum atomic E-state index is 13.0. The Hall–Kier alpha value is -4.82. The van der Waals surface area contributed by atoms with Gasteiger partial charge in [0.2, 0.25) is 0 Å². The van der Waals surface area contributed by atoms with Gasteiger partial charge < -0.3 is 14.8 Å². The van der Waals surface area contributed by atoms with Crippen LogP contribution in [0.5, 0.6) is 0 Å². The zero-order chi connectivity index (χ0) is 30.6.